The van der Waals surface area contributed by atoms with Crippen molar-refractivity contribution in [1.82, 2.24) is 0 Å². The van der Waals surface area contributed by atoms with Gasteiger partial charge in [-0.1, -0.05) is 60.7 Å². The van der Waals surface area contributed by atoms with Gasteiger partial charge in [0.15, 0.2) is 5.76 Å². The highest BCUT2D eigenvalue weighted by molar-refractivity contribution is 6.00. The maximum absolute atomic E-state index is 12.5. The lowest BCUT2D eigenvalue weighted by Crippen LogP contribution is -2.02. The number of carbonyl (C=O) groups excluding carboxylic acids is 1. The Morgan fingerprint density at radius 1 is 0.818 bits per heavy atom. The number of hydrogen-bond acceptors (Lipinski definition) is 2. The molecule has 1 heterocycles. The molecule has 1 aromatic heterocycles. The van der Waals surface area contributed by atoms with E-state index in [0.29, 0.717) is 12.2 Å². The average Bonchev–Trinajstić information content (AvgIpc) is 2.99. The van der Waals surface area contributed by atoms with Crippen LogP contribution in [0.3, 0.4) is 0 Å². The lowest BCUT2D eigenvalue weighted by Gasteiger charge is -2.04. The Kier molecular flexibility index (Phi) is 3.01. The standard InChI is InChI=1S/C20H14O2/c21-18(20-13-16-7-2-4-11-19(16)22-20)12-15-9-5-8-14-6-1-3-10-17(14)15/h1-11,13H,12H2. The Bertz CT molecular complexity index is 941. The Balaban J connectivity index is 1.71. The molecule has 0 aliphatic rings. The van der Waals surface area contributed by atoms with Gasteiger partial charge in [-0.15, -0.1) is 0 Å². The van der Waals surface area contributed by atoms with Gasteiger partial charge in [0.1, 0.15) is 5.58 Å². The fraction of sp³-hybridized carbons (Fsp3) is 0.0500. The molecule has 106 valence electrons. The van der Waals surface area contributed by atoms with Crippen LogP contribution in [0.2, 0.25) is 0 Å². The van der Waals surface area contributed by atoms with E-state index in [4.69, 9.17) is 4.42 Å². The van der Waals surface area contributed by atoms with Gasteiger partial charge in [-0.25, -0.2) is 0 Å². The summed E-state index contributed by atoms with van der Waals surface area (Å²) in [6, 6.07) is 23.7. The van der Waals surface area contributed by atoms with Gasteiger partial charge in [0, 0.05) is 11.8 Å². The van der Waals surface area contributed by atoms with Crippen molar-refractivity contribution in [3.63, 3.8) is 0 Å². The van der Waals surface area contributed by atoms with Gasteiger partial charge in [-0.05, 0) is 28.5 Å². The smallest absolute Gasteiger partial charge is 0.202 e. The number of furan rings is 1. The highest BCUT2D eigenvalue weighted by Gasteiger charge is 2.14. The molecule has 4 rings (SSSR count). The summed E-state index contributed by atoms with van der Waals surface area (Å²) < 4.78 is 5.66. The summed E-state index contributed by atoms with van der Waals surface area (Å²) in [5.74, 6) is 0.432. The van der Waals surface area contributed by atoms with Crippen molar-refractivity contribution in [1.29, 1.82) is 0 Å². The maximum atomic E-state index is 12.5. The van der Waals surface area contributed by atoms with Crippen molar-refractivity contribution < 1.29 is 9.21 Å². The van der Waals surface area contributed by atoms with E-state index < -0.39 is 0 Å². The molecule has 2 nitrogen and oxygen atoms in total. The molecule has 0 radical (unpaired) electrons. The largest absolute Gasteiger partial charge is 0.453 e. The van der Waals surface area contributed by atoms with Crippen molar-refractivity contribution in [3.8, 4) is 0 Å². The van der Waals surface area contributed by atoms with Gasteiger partial charge >= 0.3 is 0 Å². The van der Waals surface area contributed by atoms with Crippen LogP contribution < -0.4 is 0 Å². The molecule has 0 spiro atoms. The van der Waals surface area contributed by atoms with Gasteiger partial charge in [-0.2, -0.15) is 0 Å². The molecule has 4 aromatic rings. The lowest BCUT2D eigenvalue weighted by molar-refractivity contribution is 0.0969. The molecule has 0 saturated carbocycles. The zero-order valence-corrected chi connectivity index (χ0v) is 12.0. The highest BCUT2D eigenvalue weighted by Crippen LogP contribution is 2.23. The van der Waals surface area contributed by atoms with E-state index in [-0.39, 0.29) is 5.78 Å². The van der Waals surface area contributed by atoms with E-state index >= 15 is 0 Å². The second kappa shape index (κ2) is 5.15. The monoisotopic (exact) mass is 286 g/mol. The summed E-state index contributed by atoms with van der Waals surface area (Å²) in [5, 5.41) is 3.23. The fourth-order valence-corrected chi connectivity index (χ4v) is 2.83. The fourth-order valence-electron chi connectivity index (χ4n) is 2.83. The molecule has 0 aliphatic heterocycles. The molecule has 0 amide bonds. The first-order chi connectivity index (χ1) is 10.8. The van der Waals surface area contributed by atoms with Crippen LogP contribution in [-0.4, -0.2) is 5.78 Å². The zero-order valence-electron chi connectivity index (χ0n) is 12.0. The Labute approximate surface area is 128 Å². The summed E-state index contributed by atoms with van der Waals surface area (Å²) >= 11 is 0. The van der Waals surface area contributed by atoms with Crippen LogP contribution in [0.15, 0.2) is 77.2 Å². The molecule has 0 aliphatic carbocycles. The van der Waals surface area contributed by atoms with Crippen LogP contribution in [-0.2, 0) is 6.42 Å². The first-order valence-electron chi connectivity index (χ1n) is 7.30. The van der Waals surface area contributed by atoms with Gasteiger partial charge < -0.3 is 4.42 Å². The second-order valence-electron chi connectivity index (χ2n) is 5.39. The molecular weight excluding hydrogens is 272 g/mol. The molecule has 0 bridgehead atoms. The first-order valence-corrected chi connectivity index (χ1v) is 7.30. The van der Waals surface area contributed by atoms with Crippen molar-refractivity contribution in [2.24, 2.45) is 0 Å². The minimum absolute atomic E-state index is 0.00699. The normalized spacial score (nSPS) is 11.1. The van der Waals surface area contributed by atoms with Crippen molar-refractivity contribution in [2.75, 3.05) is 0 Å². The summed E-state index contributed by atoms with van der Waals surface area (Å²) in [6.07, 6.45) is 0.348. The molecule has 0 atom stereocenters. The maximum Gasteiger partial charge on any atom is 0.202 e. The van der Waals surface area contributed by atoms with Gasteiger partial charge in [0.05, 0.1) is 0 Å². The third kappa shape index (κ3) is 2.19. The zero-order chi connectivity index (χ0) is 14.9. The van der Waals surface area contributed by atoms with Crippen LogP contribution in [0.5, 0.6) is 0 Å². The number of rotatable bonds is 3. The predicted molar refractivity (Wildman–Crippen MR) is 88.2 cm³/mol. The lowest BCUT2D eigenvalue weighted by atomic mass is 10.00. The van der Waals surface area contributed by atoms with Gasteiger partial charge in [0.25, 0.3) is 0 Å². The van der Waals surface area contributed by atoms with Crippen LogP contribution in [0, 0.1) is 0 Å². The molecule has 3 aromatic carbocycles. The Morgan fingerprint density at radius 2 is 1.55 bits per heavy atom. The summed E-state index contributed by atoms with van der Waals surface area (Å²) in [6.45, 7) is 0. The van der Waals surface area contributed by atoms with E-state index in [1.165, 1.54) is 0 Å². The average molecular weight is 286 g/mol. The van der Waals surface area contributed by atoms with Crippen LogP contribution in [0.4, 0.5) is 0 Å². The number of carbonyl (C=O) groups is 1. The minimum atomic E-state index is 0.00699. The molecule has 0 saturated heterocycles. The van der Waals surface area contributed by atoms with E-state index in [9.17, 15) is 4.79 Å². The van der Waals surface area contributed by atoms with Crippen molar-refractivity contribution in [2.45, 2.75) is 6.42 Å². The van der Waals surface area contributed by atoms with Gasteiger partial charge in [-0.3, -0.25) is 4.79 Å². The SMILES string of the molecule is O=C(Cc1cccc2ccccc12)c1cc2ccccc2o1. The van der Waals surface area contributed by atoms with Crippen LogP contribution >= 0.6 is 0 Å². The quantitative estimate of drug-likeness (QED) is 0.495. The third-order valence-corrected chi connectivity index (χ3v) is 3.93. The second-order valence-corrected chi connectivity index (χ2v) is 5.39. The summed E-state index contributed by atoms with van der Waals surface area (Å²) in [7, 11) is 0. The summed E-state index contributed by atoms with van der Waals surface area (Å²) in [5.41, 5.74) is 1.78. The molecule has 0 N–H and O–H groups in total. The van der Waals surface area contributed by atoms with Crippen molar-refractivity contribution >= 4 is 27.5 Å². The highest BCUT2D eigenvalue weighted by atomic mass is 16.3. The third-order valence-electron chi connectivity index (χ3n) is 3.93. The number of hydrogen-bond donors (Lipinski definition) is 0. The number of ketones is 1. The van der Waals surface area contributed by atoms with Gasteiger partial charge in [0.2, 0.25) is 5.78 Å². The minimum Gasteiger partial charge on any atom is -0.453 e. The molecule has 22 heavy (non-hydrogen) atoms. The Hall–Kier alpha value is -2.87. The van der Waals surface area contributed by atoms with Crippen LogP contribution in [0.25, 0.3) is 21.7 Å². The number of Topliss-reactive ketones (excluding diaryl/α,β-unsaturated/α-hetero) is 1. The van der Waals surface area contributed by atoms with E-state index in [0.717, 1.165) is 27.3 Å². The molecular formula is C20H14O2. The van der Waals surface area contributed by atoms with Crippen molar-refractivity contribution in [3.05, 3.63) is 84.1 Å². The molecule has 0 fully saturated rings. The predicted octanol–water partition coefficient (Wildman–Crippen LogP) is 5.01. The number of fused-ring (bicyclic) bond motifs is 2. The van der Waals surface area contributed by atoms with E-state index in [2.05, 4.69) is 18.2 Å². The number of para-hydroxylation sites is 1. The first kappa shape index (κ1) is 12.8. The summed E-state index contributed by atoms with van der Waals surface area (Å²) in [4.78, 5) is 12.5. The Morgan fingerprint density at radius 3 is 2.41 bits per heavy atom. The topological polar surface area (TPSA) is 30.2 Å². The van der Waals surface area contributed by atoms with E-state index in [1.807, 2.05) is 54.6 Å². The van der Waals surface area contributed by atoms with Crippen LogP contribution in [0.1, 0.15) is 16.1 Å². The number of benzene rings is 3. The molecule has 0 unspecified atom stereocenters. The molecule has 2 heteroatoms. The van der Waals surface area contributed by atoms with E-state index in [1.54, 1.807) is 0 Å².